The van der Waals surface area contributed by atoms with Crippen LogP contribution in [0.5, 0.6) is 0 Å². The van der Waals surface area contributed by atoms with Gasteiger partial charge in [-0.2, -0.15) is 19.9 Å². The van der Waals surface area contributed by atoms with Crippen LogP contribution in [0.25, 0.3) is 44.7 Å². The van der Waals surface area contributed by atoms with Gasteiger partial charge in [-0.25, -0.2) is 39.9 Å². The maximum Gasteiger partial charge on any atom is 2.00 e. The molecule has 0 aromatic carbocycles. The first-order valence-electron chi connectivity index (χ1n) is 11.2. The predicted octanol–water partition coefficient (Wildman–Crippen LogP) is 1.74. The molecule has 0 amide bonds. The fourth-order valence-corrected chi connectivity index (χ4v) is 4.13. The number of aromatic nitrogens is 16. The number of hydrogen-bond acceptors (Lipinski definition) is 8. The molecule has 0 aliphatic rings. The van der Waals surface area contributed by atoms with E-state index in [-0.39, 0.29) is 16.8 Å². The summed E-state index contributed by atoms with van der Waals surface area (Å²) in [5, 5.41) is 0. The Labute approximate surface area is 258 Å². The van der Waals surface area contributed by atoms with Crippen LogP contribution in [0.2, 0.25) is 0 Å². The van der Waals surface area contributed by atoms with Crippen molar-refractivity contribution >= 4 is 93.5 Å². The summed E-state index contributed by atoms with van der Waals surface area (Å²) in [5.74, 6) is 0. The topological polar surface area (TPSA) is 234 Å². The number of aromatic amines is 12. The second kappa shape index (κ2) is 13.8. The molecule has 41 heavy (non-hydrogen) atoms. The monoisotopic (exact) mass is 671 g/mol. The number of rotatable bonds is 0. The van der Waals surface area contributed by atoms with Gasteiger partial charge in [-0.1, -0.05) is 0 Å². The standard InChI is InChI=1S/4C5H4N4S.Co/c4*10-5-3-4(7-1-6-3)8-2-9-5;/h4*1-2H,(H2,6,7,8,9,10);/q;;;;+2/p+4. The van der Waals surface area contributed by atoms with Crippen molar-refractivity contribution in [3.63, 3.8) is 0 Å². The molecule has 8 aromatic rings. The van der Waals surface area contributed by atoms with Crippen LogP contribution >= 0.6 is 48.9 Å². The average molecular weight is 672 g/mol. The van der Waals surface area contributed by atoms with Gasteiger partial charge in [-0.05, 0) is 48.9 Å². The second-order valence-electron chi connectivity index (χ2n) is 7.55. The Kier molecular flexibility index (Phi) is 9.94. The normalized spacial score (nSPS) is 10.1. The minimum absolute atomic E-state index is 0. The molecular weight excluding hydrogens is 652 g/mol. The molecule has 0 unspecified atom stereocenters. The molecule has 8 rings (SSSR count). The van der Waals surface area contributed by atoms with Gasteiger partial charge in [-0.15, -0.1) is 0 Å². The summed E-state index contributed by atoms with van der Waals surface area (Å²) < 4.78 is 2.69. The van der Waals surface area contributed by atoms with E-state index in [1.165, 1.54) is 0 Å². The van der Waals surface area contributed by atoms with E-state index in [9.17, 15) is 0 Å². The molecule has 1 radical (unpaired) electrons. The van der Waals surface area contributed by atoms with Crippen molar-refractivity contribution in [2.24, 2.45) is 0 Å². The van der Waals surface area contributed by atoms with Gasteiger partial charge >= 0.3 is 16.8 Å². The van der Waals surface area contributed by atoms with Crippen LogP contribution in [0, 0.1) is 18.6 Å². The van der Waals surface area contributed by atoms with Gasteiger partial charge in [0.1, 0.15) is 0 Å². The molecule has 0 atom stereocenters. The zero-order chi connectivity index (χ0) is 27.9. The van der Waals surface area contributed by atoms with Gasteiger partial charge < -0.3 is 19.9 Å². The van der Waals surface area contributed by atoms with E-state index in [1.807, 2.05) is 0 Å². The molecule has 0 bridgehead atoms. The number of imidazole rings is 4. The molecule has 0 saturated carbocycles. The van der Waals surface area contributed by atoms with E-state index in [1.54, 1.807) is 50.6 Å². The summed E-state index contributed by atoms with van der Waals surface area (Å²) in [6, 6.07) is 0. The molecule has 0 spiro atoms. The quantitative estimate of drug-likeness (QED) is 0.110. The molecule has 0 aliphatic heterocycles. The zero-order valence-corrected chi connectivity index (χ0v) is 24.7. The number of nitrogens with one attached hydrogen (secondary N) is 12. The SMILES string of the molecule is S=c1[nH+]c[nH]c2nc[nH]c12.S=c1[nH+]c[nH]c2nc[nH]c12.S=c1[nH+]c[nH]c2nc[nH]c12.S=c1[nH+]c[nH]c2nc[nH]c12.[Co+2]. The fraction of sp³-hybridized carbons (Fsp3) is 0. The van der Waals surface area contributed by atoms with Crippen molar-refractivity contribution in [2.75, 3.05) is 0 Å². The van der Waals surface area contributed by atoms with Crippen LogP contribution in [0.3, 0.4) is 0 Å². The minimum atomic E-state index is 0. The van der Waals surface area contributed by atoms with Gasteiger partial charge in [0.15, 0.2) is 22.1 Å². The number of fused-ring (bicyclic) bond motifs is 4. The summed E-state index contributed by atoms with van der Waals surface area (Å²) in [4.78, 5) is 50.6. The van der Waals surface area contributed by atoms with E-state index >= 15 is 0 Å². The third kappa shape index (κ3) is 7.03. The third-order valence-corrected chi connectivity index (χ3v) is 6.40. The first-order chi connectivity index (χ1) is 19.5. The van der Waals surface area contributed by atoms with Gasteiger partial charge in [0.05, 0.1) is 25.3 Å². The maximum absolute atomic E-state index is 4.96. The van der Waals surface area contributed by atoms with Crippen LogP contribution in [0.4, 0.5) is 0 Å². The predicted molar refractivity (Wildman–Crippen MR) is 151 cm³/mol. The van der Waals surface area contributed by atoms with Crippen LogP contribution < -0.4 is 19.9 Å². The van der Waals surface area contributed by atoms with E-state index in [4.69, 9.17) is 48.9 Å². The molecule has 207 valence electrons. The van der Waals surface area contributed by atoms with Gasteiger partial charge in [0.2, 0.25) is 66.5 Å². The van der Waals surface area contributed by atoms with E-state index in [2.05, 4.69) is 79.7 Å². The Hall–Kier alpha value is -4.41. The molecular formula is C20H20CoN16S4+6. The largest absolute Gasteiger partial charge is 2.00 e. The van der Waals surface area contributed by atoms with Crippen molar-refractivity contribution in [3.8, 4) is 0 Å². The smallest absolute Gasteiger partial charge is 0.337 e. The van der Waals surface area contributed by atoms with Crippen LogP contribution in [0.1, 0.15) is 0 Å². The van der Waals surface area contributed by atoms with Crippen molar-refractivity contribution in [1.29, 1.82) is 0 Å². The number of H-pyrrole nitrogens is 12. The van der Waals surface area contributed by atoms with Gasteiger partial charge in [0.25, 0.3) is 0 Å². The Morgan fingerprint density at radius 2 is 0.610 bits per heavy atom. The molecule has 8 heterocycles. The molecule has 16 nitrogen and oxygen atoms in total. The molecule has 0 fully saturated rings. The summed E-state index contributed by atoms with van der Waals surface area (Å²) >= 11 is 19.8. The van der Waals surface area contributed by atoms with Crippen LogP contribution in [-0.4, -0.2) is 59.8 Å². The number of nitrogens with zero attached hydrogens (tertiary/aromatic N) is 4. The van der Waals surface area contributed by atoms with Crippen molar-refractivity contribution in [1.82, 2.24) is 59.8 Å². The van der Waals surface area contributed by atoms with E-state index < -0.39 is 0 Å². The second-order valence-corrected chi connectivity index (χ2v) is 9.19. The van der Waals surface area contributed by atoms with Gasteiger partial charge in [-0.3, -0.25) is 0 Å². The Balaban J connectivity index is 0.000000125. The Morgan fingerprint density at radius 3 is 0.805 bits per heavy atom. The molecule has 0 saturated heterocycles. The van der Waals surface area contributed by atoms with Crippen LogP contribution in [-0.2, 0) is 16.8 Å². The first-order valence-corrected chi connectivity index (χ1v) is 12.8. The van der Waals surface area contributed by atoms with E-state index in [0.29, 0.717) is 18.6 Å². The zero-order valence-electron chi connectivity index (χ0n) is 20.4. The number of hydrogen-bond donors (Lipinski definition) is 8. The summed E-state index contributed by atoms with van der Waals surface area (Å²) in [7, 11) is 0. The Bertz CT molecular complexity index is 1930. The van der Waals surface area contributed by atoms with Crippen molar-refractivity contribution in [2.45, 2.75) is 0 Å². The van der Waals surface area contributed by atoms with Crippen molar-refractivity contribution in [3.05, 3.63) is 69.2 Å². The third-order valence-electron chi connectivity index (χ3n) is 5.11. The molecule has 8 aromatic heterocycles. The first kappa shape index (κ1) is 29.6. The Morgan fingerprint density at radius 1 is 0.390 bits per heavy atom. The van der Waals surface area contributed by atoms with Crippen LogP contribution in [0.15, 0.2) is 50.6 Å². The summed E-state index contributed by atoms with van der Waals surface area (Å²) in [5.41, 5.74) is 6.50. The fourth-order valence-electron chi connectivity index (χ4n) is 3.28. The molecule has 21 heteroatoms. The minimum Gasteiger partial charge on any atom is -0.337 e. The van der Waals surface area contributed by atoms with Crippen molar-refractivity contribution < 1.29 is 36.7 Å². The average Bonchev–Trinajstić information content (AvgIpc) is 3.77. The van der Waals surface area contributed by atoms with E-state index in [0.717, 1.165) is 44.7 Å². The maximum atomic E-state index is 4.96. The summed E-state index contributed by atoms with van der Waals surface area (Å²) in [6.07, 6.45) is 13.0. The molecule has 12 N–H and O–H groups in total. The molecule has 0 aliphatic carbocycles. The summed E-state index contributed by atoms with van der Waals surface area (Å²) in [6.45, 7) is 0. The van der Waals surface area contributed by atoms with Gasteiger partial charge in [0, 0.05) is 0 Å².